The number of nitrogens with zero attached hydrogens (tertiary/aromatic N) is 2. The average molecular weight is 578 g/mol. The van der Waals surface area contributed by atoms with Gasteiger partial charge in [0.15, 0.2) is 25.5 Å². The van der Waals surface area contributed by atoms with Crippen molar-refractivity contribution >= 4 is 60.0 Å². The Hall–Kier alpha value is -2.21. The molecule has 2 fully saturated rings. The number of Topliss-reactive ketones (excluding diaryl/α,β-unsaturated/α-hetero) is 1. The second-order valence-corrected chi connectivity index (χ2v) is 14.4. The largest absolute Gasteiger partial charge is 0.381 e. The summed E-state index contributed by atoms with van der Waals surface area (Å²) in [7, 11) is -4.01. The van der Waals surface area contributed by atoms with Crippen molar-refractivity contribution in [3.63, 3.8) is 0 Å². The first-order valence-corrected chi connectivity index (χ1v) is 16.1. The first-order valence-electron chi connectivity index (χ1n) is 13.0. The molecule has 2 aliphatic rings. The summed E-state index contributed by atoms with van der Waals surface area (Å²) >= 11 is 2.82. The number of benzene rings is 1. The van der Waals surface area contributed by atoms with E-state index in [1.54, 1.807) is 12.1 Å². The third-order valence-electron chi connectivity index (χ3n) is 7.41. The molecule has 0 radical (unpaired) electrons. The molecule has 0 bridgehead atoms. The van der Waals surface area contributed by atoms with E-state index in [0.717, 1.165) is 34.0 Å². The first kappa shape index (κ1) is 28.8. The number of thiazole rings is 1. The number of sulfone groups is 1. The first-order chi connectivity index (χ1) is 18.1. The highest BCUT2D eigenvalue weighted by Crippen LogP contribution is 2.39. The molecule has 2 aromatic rings. The number of ether oxygens (including phenoxy) is 1. The molecule has 8 nitrogen and oxygen atoms in total. The maximum absolute atomic E-state index is 13.5. The fraction of sp³-hybridized carbons (Fsp3) is 0.519. The van der Waals surface area contributed by atoms with Gasteiger partial charge in [0.1, 0.15) is 0 Å². The summed E-state index contributed by atoms with van der Waals surface area (Å²) in [4.78, 5) is 33.7. The van der Waals surface area contributed by atoms with Crippen LogP contribution in [0.3, 0.4) is 0 Å². The average Bonchev–Trinajstić information content (AvgIpc) is 3.35. The summed E-state index contributed by atoms with van der Waals surface area (Å²) in [6, 6.07) is 4.78. The van der Waals surface area contributed by atoms with E-state index in [9.17, 15) is 18.0 Å². The molecule has 1 aromatic carbocycles. The van der Waals surface area contributed by atoms with Gasteiger partial charge in [0.2, 0.25) is 5.91 Å². The molecule has 0 aliphatic carbocycles. The maximum atomic E-state index is 13.5. The number of ketones is 1. The van der Waals surface area contributed by atoms with Crippen LogP contribution in [0.2, 0.25) is 0 Å². The standard InChI is InChI=1S/C27H35N3O5S3/c1-4-5-6-18(2)36-19(3)24(31)20-9-13-30(14-10-20)26-29-22-8-7-21(17-23(22)37-26)38(33,34)27(25(28)32)11-15-35-16-12-27/h7-8,17,20H,2-6,9-16H2,1H3,(H2,28,32). The van der Waals surface area contributed by atoms with Crippen molar-refractivity contribution in [3.8, 4) is 0 Å². The zero-order valence-corrected chi connectivity index (χ0v) is 24.2. The van der Waals surface area contributed by atoms with Crippen molar-refractivity contribution in [1.29, 1.82) is 0 Å². The van der Waals surface area contributed by atoms with E-state index in [4.69, 9.17) is 15.5 Å². The van der Waals surface area contributed by atoms with Gasteiger partial charge in [-0.3, -0.25) is 9.59 Å². The number of fused-ring (bicyclic) bond motifs is 1. The quantitative estimate of drug-likeness (QED) is 0.377. The summed E-state index contributed by atoms with van der Waals surface area (Å²) in [5, 5.41) is 0.789. The molecule has 0 saturated carbocycles. The van der Waals surface area contributed by atoms with Crippen LogP contribution in [-0.2, 0) is 24.2 Å². The van der Waals surface area contributed by atoms with Crippen LogP contribution in [0.4, 0.5) is 5.13 Å². The van der Waals surface area contributed by atoms with Gasteiger partial charge in [-0.1, -0.05) is 49.6 Å². The number of nitrogens with two attached hydrogens (primary N) is 1. The molecule has 1 amide bonds. The van der Waals surface area contributed by atoms with Gasteiger partial charge in [0.05, 0.1) is 15.1 Å². The Balaban J connectivity index is 1.44. The minimum atomic E-state index is -4.01. The molecule has 2 saturated heterocycles. The number of piperidine rings is 1. The van der Waals surface area contributed by atoms with Crippen molar-refractivity contribution in [2.24, 2.45) is 11.7 Å². The zero-order valence-electron chi connectivity index (χ0n) is 21.7. The SMILES string of the molecule is C=C(CCCC)SC(=C)C(=O)C1CCN(c2nc3ccc(S(=O)(=O)C4(C(N)=O)CCOCC4)cc3s2)CC1. The Morgan fingerprint density at radius 3 is 2.55 bits per heavy atom. The van der Waals surface area contributed by atoms with Crippen molar-refractivity contribution < 1.29 is 22.7 Å². The van der Waals surface area contributed by atoms with Crippen molar-refractivity contribution in [2.75, 3.05) is 31.2 Å². The minimum absolute atomic E-state index is 0.0437. The van der Waals surface area contributed by atoms with Gasteiger partial charge in [-0.05, 0) is 61.6 Å². The molecular weight excluding hydrogens is 543 g/mol. The molecule has 11 heteroatoms. The van der Waals surface area contributed by atoms with Crippen LogP contribution < -0.4 is 10.6 Å². The number of unbranched alkanes of at least 4 members (excludes halogenated alkanes) is 1. The smallest absolute Gasteiger partial charge is 0.239 e. The minimum Gasteiger partial charge on any atom is -0.381 e. The van der Waals surface area contributed by atoms with Crippen molar-refractivity contribution in [3.05, 3.63) is 41.2 Å². The van der Waals surface area contributed by atoms with Gasteiger partial charge in [-0.25, -0.2) is 13.4 Å². The summed E-state index contributed by atoms with van der Waals surface area (Å²) in [5.41, 5.74) is 6.30. The van der Waals surface area contributed by atoms with Crippen LogP contribution in [0.15, 0.2) is 46.1 Å². The zero-order chi connectivity index (χ0) is 27.5. The number of carbonyl (C=O) groups excluding carboxylic acids is 2. The molecular formula is C27H35N3O5S3. The van der Waals surface area contributed by atoms with E-state index >= 15 is 0 Å². The molecule has 1 aromatic heterocycles. The molecule has 38 heavy (non-hydrogen) atoms. The fourth-order valence-corrected chi connectivity index (χ4v) is 8.91. The van der Waals surface area contributed by atoms with Gasteiger partial charge >= 0.3 is 0 Å². The second-order valence-electron chi connectivity index (χ2n) is 9.89. The van der Waals surface area contributed by atoms with Crippen LogP contribution in [0.5, 0.6) is 0 Å². The lowest BCUT2D eigenvalue weighted by molar-refractivity contribution is -0.123. The number of hydrogen-bond acceptors (Lipinski definition) is 9. The second kappa shape index (κ2) is 11.9. The molecule has 0 atom stereocenters. The summed E-state index contributed by atoms with van der Waals surface area (Å²) in [6.45, 7) is 11.9. The number of allylic oxidation sites excluding steroid dienone is 2. The van der Waals surface area contributed by atoms with Gasteiger partial charge in [0.25, 0.3) is 0 Å². The maximum Gasteiger partial charge on any atom is 0.239 e. The van der Waals surface area contributed by atoms with Crippen LogP contribution >= 0.6 is 23.1 Å². The molecule has 4 rings (SSSR count). The number of anilines is 1. The number of aromatic nitrogens is 1. The van der Waals surface area contributed by atoms with Gasteiger partial charge in [-0.15, -0.1) is 0 Å². The summed E-state index contributed by atoms with van der Waals surface area (Å²) in [5.74, 6) is -0.807. The number of primary amides is 1. The predicted molar refractivity (Wildman–Crippen MR) is 154 cm³/mol. The topological polar surface area (TPSA) is 120 Å². The van der Waals surface area contributed by atoms with Crippen molar-refractivity contribution in [2.45, 2.75) is 61.5 Å². The monoisotopic (exact) mass is 577 g/mol. The number of thioether (sulfide) groups is 1. The van der Waals surface area contributed by atoms with Crippen LogP contribution in [0.25, 0.3) is 10.2 Å². The van der Waals surface area contributed by atoms with Gasteiger partial charge < -0.3 is 15.4 Å². The number of amides is 1. The van der Waals surface area contributed by atoms with Crippen LogP contribution in [0, 0.1) is 5.92 Å². The Labute approximate surface area is 232 Å². The molecule has 3 heterocycles. The third-order valence-corrected chi connectivity index (χ3v) is 11.9. The predicted octanol–water partition coefficient (Wildman–Crippen LogP) is 4.84. The molecule has 0 spiro atoms. The highest BCUT2D eigenvalue weighted by Gasteiger charge is 2.51. The lowest BCUT2D eigenvalue weighted by atomic mass is 9.92. The number of carbonyl (C=O) groups is 2. The summed E-state index contributed by atoms with van der Waals surface area (Å²) < 4.78 is 31.5. The Morgan fingerprint density at radius 1 is 1.24 bits per heavy atom. The van der Waals surface area contributed by atoms with E-state index in [1.165, 1.54) is 29.2 Å². The number of rotatable bonds is 11. The van der Waals surface area contributed by atoms with E-state index in [1.807, 2.05) is 0 Å². The van der Waals surface area contributed by atoms with E-state index < -0.39 is 20.5 Å². The fourth-order valence-electron chi connectivity index (χ4n) is 4.98. The van der Waals surface area contributed by atoms with Crippen molar-refractivity contribution in [1.82, 2.24) is 4.98 Å². The van der Waals surface area contributed by atoms with Crippen LogP contribution in [-0.4, -0.2) is 56.1 Å². The molecule has 2 N–H and O–H groups in total. The number of hydrogen-bond donors (Lipinski definition) is 1. The van der Waals surface area contributed by atoms with Gasteiger partial charge in [-0.2, -0.15) is 0 Å². The summed E-state index contributed by atoms with van der Waals surface area (Å²) in [6.07, 6.45) is 4.54. The molecule has 206 valence electrons. The highest BCUT2D eigenvalue weighted by molar-refractivity contribution is 8.07. The van der Waals surface area contributed by atoms with E-state index in [0.29, 0.717) is 36.4 Å². The van der Waals surface area contributed by atoms with E-state index in [-0.39, 0.29) is 42.7 Å². The Bertz CT molecular complexity index is 1340. The highest BCUT2D eigenvalue weighted by atomic mass is 32.2. The van der Waals surface area contributed by atoms with Crippen LogP contribution in [0.1, 0.15) is 51.9 Å². The van der Waals surface area contributed by atoms with E-state index in [2.05, 4.69) is 25.0 Å². The van der Waals surface area contributed by atoms with Gasteiger partial charge in [0, 0.05) is 37.1 Å². The lowest BCUT2D eigenvalue weighted by Crippen LogP contribution is -2.53. The molecule has 2 aliphatic heterocycles. The lowest BCUT2D eigenvalue weighted by Gasteiger charge is -2.33. The Kier molecular flexibility index (Phi) is 9.01. The Morgan fingerprint density at radius 2 is 1.92 bits per heavy atom. The third kappa shape index (κ3) is 5.71. The normalized spacial score (nSPS) is 18.4. The molecule has 0 unspecified atom stereocenters.